The Bertz CT molecular complexity index is 898. The first-order valence-electron chi connectivity index (χ1n) is 12.2. The van der Waals surface area contributed by atoms with Crippen molar-refractivity contribution >= 4 is 29.4 Å². The minimum absolute atomic E-state index is 0.134. The number of unbranched alkanes of at least 4 members (excludes halogenated alkanes) is 3. The number of nitrogens with one attached hydrogen (secondary N) is 2. The second-order valence-electron chi connectivity index (χ2n) is 8.74. The van der Waals surface area contributed by atoms with Crippen LogP contribution in [0.25, 0.3) is 0 Å². The number of amides is 4. The number of Topliss-reactive ketones (excluding diaryl/α,β-unsaturated/α-hetero) is 1. The minimum Gasteiger partial charge on any atom is -0.345 e. The highest BCUT2D eigenvalue weighted by Gasteiger charge is 2.25. The van der Waals surface area contributed by atoms with Gasteiger partial charge in [-0.15, -0.1) is 0 Å². The molecule has 1 aliphatic heterocycles. The lowest BCUT2D eigenvalue weighted by Crippen LogP contribution is -2.52. The van der Waals surface area contributed by atoms with Crippen LogP contribution in [0.2, 0.25) is 0 Å². The second-order valence-corrected chi connectivity index (χ2v) is 8.74. The van der Waals surface area contributed by atoms with Crippen molar-refractivity contribution < 1.29 is 24.0 Å². The molecule has 0 unspecified atom stereocenters. The molecule has 9 heteroatoms. The van der Waals surface area contributed by atoms with Gasteiger partial charge in [0.2, 0.25) is 11.8 Å². The normalized spacial score (nSPS) is 14.6. The Labute approximate surface area is 206 Å². The van der Waals surface area contributed by atoms with Gasteiger partial charge in [-0.1, -0.05) is 36.8 Å². The van der Waals surface area contributed by atoms with Crippen molar-refractivity contribution in [2.24, 2.45) is 5.73 Å². The van der Waals surface area contributed by atoms with Crippen LogP contribution in [0.1, 0.15) is 57.4 Å². The van der Waals surface area contributed by atoms with Crippen LogP contribution in [0.5, 0.6) is 0 Å². The molecule has 0 aliphatic carbocycles. The fourth-order valence-corrected chi connectivity index (χ4v) is 3.85. The number of carbonyl (C=O) groups is 5. The first kappa shape index (κ1) is 27.9. The van der Waals surface area contributed by atoms with E-state index in [1.165, 1.54) is 24.0 Å². The summed E-state index contributed by atoms with van der Waals surface area (Å²) in [6.45, 7) is 2.28. The molecule has 4 N–H and O–H groups in total. The van der Waals surface area contributed by atoms with Crippen LogP contribution in [0.3, 0.4) is 0 Å². The lowest BCUT2D eigenvalue weighted by atomic mass is 10.0. The number of hydrogen-bond acceptors (Lipinski definition) is 6. The number of nitrogens with zero attached hydrogens (tertiary/aromatic N) is 1. The van der Waals surface area contributed by atoms with E-state index in [1.807, 2.05) is 30.3 Å². The van der Waals surface area contributed by atoms with Crippen molar-refractivity contribution in [2.45, 2.75) is 70.4 Å². The predicted octanol–water partition coefficient (Wildman–Crippen LogP) is 1.40. The number of imide groups is 1. The van der Waals surface area contributed by atoms with E-state index in [0.717, 1.165) is 18.4 Å². The van der Waals surface area contributed by atoms with Crippen LogP contribution in [0.15, 0.2) is 42.5 Å². The Kier molecular flexibility index (Phi) is 11.8. The highest BCUT2D eigenvalue weighted by Crippen LogP contribution is 2.09. The molecule has 0 saturated carbocycles. The van der Waals surface area contributed by atoms with Crippen molar-refractivity contribution in [3.63, 3.8) is 0 Å². The van der Waals surface area contributed by atoms with Gasteiger partial charge in [-0.2, -0.15) is 0 Å². The van der Waals surface area contributed by atoms with E-state index in [1.54, 1.807) is 0 Å². The third-order valence-corrected chi connectivity index (χ3v) is 5.87. The third-order valence-electron chi connectivity index (χ3n) is 5.87. The predicted molar refractivity (Wildman–Crippen MR) is 132 cm³/mol. The summed E-state index contributed by atoms with van der Waals surface area (Å²) in [5.41, 5.74) is 6.42. The van der Waals surface area contributed by atoms with Crippen LogP contribution in [-0.2, 0) is 30.4 Å². The van der Waals surface area contributed by atoms with Gasteiger partial charge in [0.15, 0.2) is 5.78 Å². The fourth-order valence-electron chi connectivity index (χ4n) is 3.85. The van der Waals surface area contributed by atoms with Gasteiger partial charge in [0.05, 0.1) is 6.04 Å². The van der Waals surface area contributed by atoms with Crippen molar-refractivity contribution in [2.75, 3.05) is 13.1 Å². The molecule has 1 aliphatic rings. The maximum absolute atomic E-state index is 13.0. The van der Waals surface area contributed by atoms with E-state index in [2.05, 4.69) is 10.6 Å². The molecule has 1 aromatic carbocycles. The van der Waals surface area contributed by atoms with Gasteiger partial charge in [-0.05, 0) is 51.1 Å². The molecular weight excluding hydrogens is 448 g/mol. The summed E-state index contributed by atoms with van der Waals surface area (Å²) in [6.07, 6.45) is 6.83. The SMILES string of the molecule is CC(=O)[C@H](CCCCN)NC(=O)[C@H](Cc1ccccc1)NC(=O)CCCCCN1C(=O)C=CC1=O. The van der Waals surface area contributed by atoms with Gasteiger partial charge in [-0.3, -0.25) is 28.9 Å². The summed E-state index contributed by atoms with van der Waals surface area (Å²) in [5.74, 6) is -1.42. The van der Waals surface area contributed by atoms with Gasteiger partial charge in [-0.25, -0.2) is 0 Å². The molecule has 0 radical (unpaired) electrons. The maximum atomic E-state index is 13.0. The fraction of sp³-hybridized carbons (Fsp3) is 0.500. The molecular formula is C26H36N4O5. The number of nitrogens with two attached hydrogens (primary N) is 1. The average molecular weight is 485 g/mol. The summed E-state index contributed by atoms with van der Waals surface area (Å²) < 4.78 is 0. The summed E-state index contributed by atoms with van der Waals surface area (Å²) in [5, 5.41) is 5.61. The highest BCUT2D eigenvalue weighted by atomic mass is 16.2. The molecule has 9 nitrogen and oxygen atoms in total. The Morgan fingerprint density at radius 3 is 2.20 bits per heavy atom. The van der Waals surface area contributed by atoms with Crippen LogP contribution in [-0.4, -0.2) is 59.5 Å². The van der Waals surface area contributed by atoms with Gasteiger partial charge in [0.1, 0.15) is 6.04 Å². The van der Waals surface area contributed by atoms with Crippen LogP contribution in [0.4, 0.5) is 0 Å². The summed E-state index contributed by atoms with van der Waals surface area (Å²) >= 11 is 0. The van der Waals surface area contributed by atoms with Crippen molar-refractivity contribution in [3.05, 3.63) is 48.0 Å². The number of benzene rings is 1. The van der Waals surface area contributed by atoms with Crippen LogP contribution in [0, 0.1) is 0 Å². The molecule has 0 aromatic heterocycles. The topological polar surface area (TPSA) is 139 Å². The maximum Gasteiger partial charge on any atom is 0.253 e. The lowest BCUT2D eigenvalue weighted by molar-refractivity contribution is -0.137. The van der Waals surface area contributed by atoms with E-state index in [9.17, 15) is 24.0 Å². The molecule has 190 valence electrons. The van der Waals surface area contributed by atoms with Gasteiger partial charge in [0, 0.05) is 31.5 Å². The number of carbonyl (C=O) groups excluding carboxylic acids is 5. The highest BCUT2D eigenvalue weighted by molar-refractivity contribution is 6.12. The zero-order chi connectivity index (χ0) is 25.6. The molecule has 1 aromatic rings. The molecule has 1 heterocycles. The van der Waals surface area contributed by atoms with Gasteiger partial charge < -0.3 is 16.4 Å². The van der Waals surface area contributed by atoms with Crippen LogP contribution < -0.4 is 16.4 Å². The number of rotatable bonds is 16. The Morgan fingerprint density at radius 1 is 0.886 bits per heavy atom. The Morgan fingerprint density at radius 2 is 1.57 bits per heavy atom. The van der Waals surface area contributed by atoms with E-state index in [4.69, 9.17) is 5.73 Å². The largest absolute Gasteiger partial charge is 0.345 e. The standard InChI is InChI=1S/C26H36N4O5/c1-19(31)21(12-7-8-16-27)29-26(35)22(18-20-10-4-2-5-11-20)28-23(32)13-6-3-9-17-30-24(33)14-15-25(30)34/h2,4-5,10-11,14-15,21-22H,3,6-9,12-13,16-18,27H2,1H3,(H,28,32)(H,29,35)/t21-,22-/m0/s1. The Balaban J connectivity index is 1.88. The minimum atomic E-state index is -0.813. The molecule has 0 saturated heterocycles. The molecule has 0 bridgehead atoms. The Hall–Kier alpha value is -3.33. The van der Waals surface area contributed by atoms with Crippen LogP contribution >= 0.6 is 0 Å². The van der Waals surface area contributed by atoms with E-state index < -0.39 is 18.0 Å². The molecule has 4 amide bonds. The summed E-state index contributed by atoms with van der Waals surface area (Å²) in [6, 6.07) is 7.94. The average Bonchev–Trinajstić information content (AvgIpc) is 3.15. The molecule has 2 rings (SSSR count). The molecule has 35 heavy (non-hydrogen) atoms. The van der Waals surface area contributed by atoms with Crippen molar-refractivity contribution in [1.29, 1.82) is 0 Å². The van der Waals surface area contributed by atoms with Gasteiger partial charge in [0.25, 0.3) is 11.8 Å². The van der Waals surface area contributed by atoms with Gasteiger partial charge >= 0.3 is 0 Å². The molecule has 2 atom stereocenters. The summed E-state index contributed by atoms with van der Waals surface area (Å²) in [4.78, 5) is 62.0. The number of hydrogen-bond donors (Lipinski definition) is 3. The monoisotopic (exact) mass is 484 g/mol. The second kappa shape index (κ2) is 14.8. The number of ketones is 1. The quantitative estimate of drug-likeness (QED) is 0.239. The van der Waals surface area contributed by atoms with Crippen molar-refractivity contribution in [3.8, 4) is 0 Å². The van der Waals surface area contributed by atoms with E-state index >= 15 is 0 Å². The first-order chi connectivity index (χ1) is 16.8. The van der Waals surface area contributed by atoms with Crippen molar-refractivity contribution in [1.82, 2.24) is 15.5 Å². The van der Waals surface area contributed by atoms with E-state index in [-0.39, 0.29) is 29.9 Å². The zero-order valence-corrected chi connectivity index (χ0v) is 20.3. The summed E-state index contributed by atoms with van der Waals surface area (Å²) in [7, 11) is 0. The lowest BCUT2D eigenvalue weighted by Gasteiger charge is -2.22. The first-order valence-corrected chi connectivity index (χ1v) is 12.2. The third kappa shape index (κ3) is 9.82. The zero-order valence-electron chi connectivity index (χ0n) is 20.3. The molecule has 0 fully saturated rings. The smallest absolute Gasteiger partial charge is 0.253 e. The molecule has 0 spiro atoms. The van der Waals surface area contributed by atoms with E-state index in [0.29, 0.717) is 45.2 Å².